The number of carbonyl (C=O) groups excluding carboxylic acids is 2. The van der Waals surface area contributed by atoms with Gasteiger partial charge >= 0.3 is 12.0 Å². The van der Waals surface area contributed by atoms with Gasteiger partial charge in [0, 0.05) is 30.6 Å². The average Bonchev–Trinajstić information content (AvgIpc) is 3.31. The molecule has 0 saturated carbocycles. The lowest BCUT2D eigenvalue weighted by Gasteiger charge is -2.36. The molecule has 0 aliphatic carbocycles. The Bertz CT molecular complexity index is 1170. The Labute approximate surface area is 187 Å². The number of benzene rings is 2. The van der Waals surface area contributed by atoms with Crippen molar-refractivity contribution in [1.82, 2.24) is 20.2 Å². The van der Waals surface area contributed by atoms with E-state index in [-0.39, 0.29) is 18.5 Å². The van der Waals surface area contributed by atoms with Gasteiger partial charge in [-0.25, -0.2) is 27.7 Å². The standard InChI is InChI=1S/C23H21F3N4O3/c1-33-22(31)17(11-13-5-3-2-4-6-13)29-23(32)30-10-9-16-20(28-12-27-16)21(30)14-7-8-15(24)19(26)18(14)25/h2-8,12,17,21H,9-11H2,1H3,(H,27,28)(H,29,32)/t17-,21-/m1/s1. The van der Waals surface area contributed by atoms with Crippen molar-refractivity contribution in [2.75, 3.05) is 13.7 Å². The van der Waals surface area contributed by atoms with Crippen LogP contribution in [0.3, 0.4) is 0 Å². The fraction of sp³-hybridized carbons (Fsp3) is 0.261. The molecule has 0 fully saturated rings. The van der Waals surface area contributed by atoms with Crippen molar-refractivity contribution >= 4 is 12.0 Å². The summed E-state index contributed by atoms with van der Waals surface area (Å²) in [6, 6.07) is 8.10. The molecule has 2 amide bonds. The highest BCUT2D eigenvalue weighted by Gasteiger charge is 2.38. The molecule has 0 spiro atoms. The van der Waals surface area contributed by atoms with Crippen LogP contribution >= 0.6 is 0 Å². The lowest BCUT2D eigenvalue weighted by atomic mass is 9.95. The summed E-state index contributed by atoms with van der Waals surface area (Å²) < 4.78 is 47.1. The van der Waals surface area contributed by atoms with Crippen molar-refractivity contribution in [2.24, 2.45) is 0 Å². The number of nitrogens with zero attached hydrogens (tertiary/aromatic N) is 2. The fourth-order valence-corrected chi connectivity index (χ4v) is 3.98. The molecule has 0 bridgehead atoms. The van der Waals surface area contributed by atoms with Gasteiger partial charge in [0.2, 0.25) is 0 Å². The SMILES string of the molecule is COC(=O)[C@@H](Cc1ccccc1)NC(=O)N1CCc2[nH]cnc2[C@H]1c1ccc(F)c(F)c1F. The van der Waals surface area contributed by atoms with Crippen molar-refractivity contribution in [3.63, 3.8) is 0 Å². The molecule has 2 N–H and O–H groups in total. The van der Waals surface area contributed by atoms with E-state index in [0.29, 0.717) is 17.8 Å². The number of urea groups is 1. The van der Waals surface area contributed by atoms with Gasteiger partial charge in [-0.2, -0.15) is 0 Å². The van der Waals surface area contributed by atoms with Crippen LogP contribution in [0.25, 0.3) is 0 Å². The summed E-state index contributed by atoms with van der Waals surface area (Å²) in [6.07, 6.45) is 1.95. The molecule has 0 unspecified atom stereocenters. The van der Waals surface area contributed by atoms with E-state index in [1.165, 1.54) is 18.3 Å². The minimum Gasteiger partial charge on any atom is -0.467 e. The van der Waals surface area contributed by atoms with Crippen LogP contribution in [-0.2, 0) is 22.4 Å². The molecule has 2 aromatic carbocycles. The Balaban J connectivity index is 1.66. The second kappa shape index (κ2) is 9.35. The molecule has 10 heteroatoms. The maximum Gasteiger partial charge on any atom is 0.328 e. The molecule has 172 valence electrons. The molecule has 2 heterocycles. The number of fused-ring (bicyclic) bond motifs is 1. The lowest BCUT2D eigenvalue weighted by Crippen LogP contribution is -2.52. The van der Waals surface area contributed by atoms with Crippen molar-refractivity contribution < 1.29 is 27.5 Å². The van der Waals surface area contributed by atoms with Gasteiger partial charge < -0.3 is 19.9 Å². The number of aromatic nitrogens is 2. The first-order valence-electron chi connectivity index (χ1n) is 10.2. The number of amides is 2. The quantitative estimate of drug-likeness (QED) is 0.454. The average molecular weight is 458 g/mol. The van der Waals surface area contributed by atoms with E-state index in [0.717, 1.165) is 17.7 Å². The molecule has 1 aromatic heterocycles. The molecule has 7 nitrogen and oxygen atoms in total. The van der Waals surface area contributed by atoms with Crippen LogP contribution in [0.2, 0.25) is 0 Å². The predicted octanol–water partition coefficient (Wildman–Crippen LogP) is 3.27. The molecule has 1 aliphatic heterocycles. The summed E-state index contributed by atoms with van der Waals surface area (Å²) in [5.74, 6) is -5.02. The minimum atomic E-state index is -1.63. The molecule has 33 heavy (non-hydrogen) atoms. The first kappa shape index (κ1) is 22.4. The third-order valence-corrected chi connectivity index (χ3v) is 5.61. The lowest BCUT2D eigenvalue weighted by molar-refractivity contribution is -0.142. The normalized spacial score (nSPS) is 16.1. The Hall–Kier alpha value is -3.82. The predicted molar refractivity (Wildman–Crippen MR) is 112 cm³/mol. The summed E-state index contributed by atoms with van der Waals surface area (Å²) in [7, 11) is 1.21. The Morgan fingerprint density at radius 1 is 1.18 bits per heavy atom. The van der Waals surface area contributed by atoms with E-state index >= 15 is 0 Å². The van der Waals surface area contributed by atoms with Gasteiger partial charge in [0.1, 0.15) is 12.1 Å². The maximum atomic E-state index is 14.7. The zero-order chi connectivity index (χ0) is 23.5. The first-order valence-corrected chi connectivity index (χ1v) is 10.2. The summed E-state index contributed by atoms with van der Waals surface area (Å²) in [4.78, 5) is 34.0. The summed E-state index contributed by atoms with van der Waals surface area (Å²) in [6.45, 7) is 0.128. The molecule has 3 aromatic rings. The number of methoxy groups -OCH3 is 1. The van der Waals surface area contributed by atoms with Crippen molar-refractivity contribution in [1.29, 1.82) is 0 Å². The smallest absolute Gasteiger partial charge is 0.328 e. The monoisotopic (exact) mass is 458 g/mol. The highest BCUT2D eigenvalue weighted by Crippen LogP contribution is 2.35. The van der Waals surface area contributed by atoms with E-state index in [1.54, 1.807) is 24.3 Å². The van der Waals surface area contributed by atoms with Gasteiger partial charge in [0.15, 0.2) is 17.5 Å². The van der Waals surface area contributed by atoms with Crippen LogP contribution in [-0.4, -0.2) is 46.6 Å². The number of H-pyrrole nitrogens is 1. The van der Waals surface area contributed by atoms with Crippen molar-refractivity contribution in [3.05, 3.63) is 88.8 Å². The van der Waals surface area contributed by atoms with Gasteiger partial charge in [0.25, 0.3) is 0 Å². The van der Waals surface area contributed by atoms with Crippen molar-refractivity contribution in [2.45, 2.75) is 24.9 Å². The Morgan fingerprint density at radius 3 is 2.67 bits per heavy atom. The highest BCUT2D eigenvalue weighted by molar-refractivity contribution is 5.84. The van der Waals surface area contributed by atoms with E-state index in [9.17, 15) is 22.8 Å². The number of halogens is 3. The molecule has 1 aliphatic rings. The molecular formula is C23H21F3N4O3. The van der Waals surface area contributed by atoms with Gasteiger partial charge in [-0.1, -0.05) is 36.4 Å². The number of imidazole rings is 1. The number of carbonyl (C=O) groups is 2. The number of hydrogen-bond acceptors (Lipinski definition) is 4. The zero-order valence-electron chi connectivity index (χ0n) is 17.6. The number of hydrogen-bond donors (Lipinski definition) is 2. The number of aromatic amines is 1. The fourth-order valence-electron chi connectivity index (χ4n) is 3.98. The summed E-state index contributed by atoms with van der Waals surface area (Å²) in [5, 5.41) is 2.64. The third-order valence-electron chi connectivity index (χ3n) is 5.61. The van der Waals surface area contributed by atoms with Gasteiger partial charge in [-0.05, 0) is 11.6 Å². The van der Waals surface area contributed by atoms with Crippen molar-refractivity contribution in [3.8, 4) is 0 Å². The van der Waals surface area contributed by atoms with E-state index in [2.05, 4.69) is 15.3 Å². The molecule has 4 rings (SSSR count). The largest absolute Gasteiger partial charge is 0.467 e. The Morgan fingerprint density at radius 2 is 1.94 bits per heavy atom. The Kier molecular flexibility index (Phi) is 6.34. The van der Waals surface area contributed by atoms with Gasteiger partial charge in [0.05, 0.1) is 19.1 Å². The topological polar surface area (TPSA) is 87.3 Å². The van der Waals surface area contributed by atoms with Gasteiger partial charge in [-0.15, -0.1) is 0 Å². The molecule has 0 saturated heterocycles. The minimum absolute atomic E-state index is 0.128. The number of ether oxygens (including phenoxy) is 1. The molecule has 0 radical (unpaired) electrons. The second-order valence-electron chi connectivity index (χ2n) is 7.59. The molecule has 2 atom stereocenters. The van der Waals surface area contributed by atoms with Crippen LogP contribution in [0.1, 0.15) is 28.6 Å². The highest BCUT2D eigenvalue weighted by atomic mass is 19.2. The van der Waals surface area contributed by atoms with Crippen LogP contribution < -0.4 is 5.32 Å². The first-order chi connectivity index (χ1) is 15.9. The van der Waals surface area contributed by atoms with E-state index in [4.69, 9.17) is 4.74 Å². The van der Waals surface area contributed by atoms with E-state index < -0.39 is 41.5 Å². The number of rotatable bonds is 5. The van der Waals surface area contributed by atoms with Gasteiger partial charge in [-0.3, -0.25) is 0 Å². The number of esters is 1. The van der Waals surface area contributed by atoms with Crippen LogP contribution in [0.4, 0.5) is 18.0 Å². The van der Waals surface area contributed by atoms with E-state index in [1.807, 2.05) is 6.07 Å². The maximum absolute atomic E-state index is 14.7. The molecular weight excluding hydrogens is 437 g/mol. The third kappa shape index (κ3) is 4.41. The second-order valence-corrected chi connectivity index (χ2v) is 7.59. The summed E-state index contributed by atoms with van der Waals surface area (Å²) >= 11 is 0. The summed E-state index contributed by atoms with van der Waals surface area (Å²) in [5.41, 5.74) is 1.53. The van der Waals surface area contributed by atoms with Crippen LogP contribution in [0.15, 0.2) is 48.8 Å². The number of nitrogens with one attached hydrogen (secondary N) is 2. The van der Waals surface area contributed by atoms with Crippen LogP contribution in [0.5, 0.6) is 0 Å². The van der Waals surface area contributed by atoms with Crippen LogP contribution in [0, 0.1) is 17.5 Å². The zero-order valence-corrected chi connectivity index (χ0v) is 17.6.